The van der Waals surface area contributed by atoms with Gasteiger partial charge >= 0.3 is 6.03 Å². The fourth-order valence-corrected chi connectivity index (χ4v) is 1.44. The molecule has 2 amide bonds. The lowest BCUT2D eigenvalue weighted by molar-refractivity contribution is 0.250. The highest BCUT2D eigenvalue weighted by atomic mass is 35.5. The molecule has 0 bridgehead atoms. The smallest absolute Gasteiger partial charge is 0.319 e. The van der Waals surface area contributed by atoms with Gasteiger partial charge in [-0.15, -0.1) is 0 Å². The normalized spacial score (nSPS) is 12.9. The molecule has 0 saturated heterocycles. The number of carbonyl (C=O) groups is 1. The lowest BCUT2D eigenvalue weighted by Crippen LogP contribution is -2.45. The number of benzene rings is 1. The number of anilines is 1. The molecule has 6 nitrogen and oxygen atoms in total. The summed E-state index contributed by atoms with van der Waals surface area (Å²) in [7, 11) is 0. The van der Waals surface area contributed by atoms with Crippen LogP contribution in [0.25, 0.3) is 0 Å². The maximum atomic E-state index is 11.6. The Morgan fingerprint density at radius 3 is 2.61 bits per heavy atom. The summed E-state index contributed by atoms with van der Waals surface area (Å²) < 4.78 is 0. The van der Waals surface area contributed by atoms with Crippen LogP contribution >= 0.6 is 11.6 Å². The van der Waals surface area contributed by atoms with E-state index < -0.39 is 12.1 Å². The van der Waals surface area contributed by atoms with Crippen LogP contribution in [0.3, 0.4) is 0 Å². The van der Waals surface area contributed by atoms with Gasteiger partial charge in [0.1, 0.15) is 0 Å². The summed E-state index contributed by atoms with van der Waals surface area (Å²) in [6.45, 7) is 1.81. The van der Waals surface area contributed by atoms with Crippen molar-refractivity contribution in [1.29, 1.82) is 0 Å². The monoisotopic (exact) mass is 270 g/mol. The van der Waals surface area contributed by atoms with Gasteiger partial charge in [0.15, 0.2) is 5.84 Å². The second-order valence-electron chi connectivity index (χ2n) is 3.59. The second kappa shape index (κ2) is 6.70. The number of carbonyl (C=O) groups excluding carboxylic acids is 1. The van der Waals surface area contributed by atoms with Crippen molar-refractivity contribution >= 4 is 29.2 Å². The topological polar surface area (TPSA) is 99.7 Å². The molecule has 0 fully saturated rings. The highest BCUT2D eigenvalue weighted by Crippen LogP contribution is 2.13. The SMILES string of the molecule is CCC(NC(=O)Nc1ccc(Cl)cc1)/C(N)=N/O. The number of amides is 2. The van der Waals surface area contributed by atoms with Crippen molar-refractivity contribution in [3.8, 4) is 0 Å². The van der Waals surface area contributed by atoms with Crippen molar-refractivity contribution < 1.29 is 10.0 Å². The molecular weight excluding hydrogens is 256 g/mol. The van der Waals surface area contributed by atoms with Crippen LogP contribution in [0.15, 0.2) is 29.4 Å². The summed E-state index contributed by atoms with van der Waals surface area (Å²) in [5.74, 6) is -0.0382. The van der Waals surface area contributed by atoms with Crippen LogP contribution in [0, 0.1) is 0 Å². The van der Waals surface area contributed by atoms with Crippen molar-refractivity contribution in [2.75, 3.05) is 5.32 Å². The number of hydrogen-bond donors (Lipinski definition) is 4. The predicted molar refractivity (Wildman–Crippen MR) is 71.1 cm³/mol. The first-order valence-corrected chi connectivity index (χ1v) is 5.75. The number of nitrogens with one attached hydrogen (secondary N) is 2. The number of nitrogens with zero attached hydrogens (tertiary/aromatic N) is 1. The molecule has 7 heteroatoms. The van der Waals surface area contributed by atoms with Crippen LogP contribution in [0.5, 0.6) is 0 Å². The summed E-state index contributed by atoms with van der Waals surface area (Å²) in [6.07, 6.45) is 0.518. The molecule has 0 heterocycles. The zero-order valence-corrected chi connectivity index (χ0v) is 10.6. The number of nitrogens with two attached hydrogens (primary N) is 1. The lowest BCUT2D eigenvalue weighted by atomic mass is 10.2. The van der Waals surface area contributed by atoms with E-state index >= 15 is 0 Å². The second-order valence-corrected chi connectivity index (χ2v) is 4.03. The van der Waals surface area contributed by atoms with E-state index in [1.165, 1.54) is 0 Å². The molecule has 0 saturated carbocycles. The maximum Gasteiger partial charge on any atom is 0.319 e. The fraction of sp³-hybridized carbons (Fsp3) is 0.273. The van der Waals surface area contributed by atoms with Gasteiger partial charge < -0.3 is 21.6 Å². The molecule has 0 aliphatic heterocycles. The Morgan fingerprint density at radius 1 is 1.50 bits per heavy atom. The molecule has 5 N–H and O–H groups in total. The average Bonchev–Trinajstić information content (AvgIpc) is 2.37. The van der Waals surface area contributed by atoms with E-state index in [0.717, 1.165) is 0 Å². The van der Waals surface area contributed by atoms with E-state index in [2.05, 4.69) is 15.8 Å². The van der Waals surface area contributed by atoms with Gasteiger partial charge in [-0.25, -0.2) is 4.79 Å². The molecule has 0 aliphatic carbocycles. The van der Waals surface area contributed by atoms with Gasteiger partial charge in [-0.2, -0.15) is 0 Å². The number of urea groups is 1. The third-order valence-corrected chi connectivity index (χ3v) is 2.54. The molecule has 1 aromatic rings. The summed E-state index contributed by atoms with van der Waals surface area (Å²) >= 11 is 5.73. The quantitative estimate of drug-likeness (QED) is 0.291. The van der Waals surface area contributed by atoms with E-state index in [1.54, 1.807) is 24.3 Å². The van der Waals surface area contributed by atoms with Crippen LogP contribution in [-0.2, 0) is 0 Å². The molecule has 0 spiro atoms. The third kappa shape index (κ3) is 4.14. The van der Waals surface area contributed by atoms with E-state index in [1.807, 2.05) is 6.92 Å². The van der Waals surface area contributed by atoms with Gasteiger partial charge in [0, 0.05) is 10.7 Å². The average molecular weight is 271 g/mol. The van der Waals surface area contributed by atoms with Crippen LogP contribution in [0.4, 0.5) is 10.5 Å². The fourth-order valence-electron chi connectivity index (χ4n) is 1.31. The van der Waals surface area contributed by atoms with Crippen LogP contribution in [0.2, 0.25) is 5.02 Å². The van der Waals surface area contributed by atoms with Crippen molar-refractivity contribution in [2.45, 2.75) is 19.4 Å². The molecule has 0 aromatic heterocycles. The number of halogens is 1. The zero-order valence-electron chi connectivity index (χ0n) is 9.85. The number of hydrogen-bond acceptors (Lipinski definition) is 3. The molecule has 1 rings (SSSR count). The molecular formula is C11H15ClN4O2. The zero-order chi connectivity index (χ0) is 13.5. The number of amidine groups is 1. The Hall–Kier alpha value is -1.95. The van der Waals surface area contributed by atoms with Gasteiger partial charge in [0.2, 0.25) is 0 Å². The van der Waals surface area contributed by atoms with Gasteiger partial charge in [-0.1, -0.05) is 23.7 Å². The highest BCUT2D eigenvalue weighted by Gasteiger charge is 2.14. The van der Waals surface area contributed by atoms with Crippen molar-refractivity contribution in [2.24, 2.45) is 10.9 Å². The van der Waals surface area contributed by atoms with E-state index in [9.17, 15) is 4.79 Å². The maximum absolute atomic E-state index is 11.6. The largest absolute Gasteiger partial charge is 0.409 e. The van der Waals surface area contributed by atoms with Gasteiger partial charge in [0.25, 0.3) is 0 Å². The summed E-state index contributed by atoms with van der Waals surface area (Å²) in [4.78, 5) is 11.6. The lowest BCUT2D eigenvalue weighted by Gasteiger charge is -2.15. The Bertz CT molecular complexity index is 433. The molecule has 98 valence electrons. The molecule has 1 aromatic carbocycles. The Labute approximate surface area is 110 Å². The van der Waals surface area contributed by atoms with Crippen molar-refractivity contribution in [3.05, 3.63) is 29.3 Å². The minimum absolute atomic E-state index is 0.0382. The van der Waals surface area contributed by atoms with Gasteiger partial charge in [-0.05, 0) is 30.7 Å². The first-order chi connectivity index (χ1) is 8.56. The summed E-state index contributed by atoms with van der Waals surface area (Å²) in [5, 5.41) is 17.2. The predicted octanol–water partition coefficient (Wildman–Crippen LogP) is 1.99. The molecule has 0 radical (unpaired) electrons. The Balaban J connectivity index is 2.58. The molecule has 1 atom stereocenters. The summed E-state index contributed by atoms with van der Waals surface area (Å²) in [5.41, 5.74) is 6.03. The Morgan fingerprint density at radius 2 is 2.11 bits per heavy atom. The van der Waals surface area contributed by atoms with E-state index in [4.69, 9.17) is 22.5 Å². The van der Waals surface area contributed by atoms with E-state index in [0.29, 0.717) is 17.1 Å². The van der Waals surface area contributed by atoms with E-state index in [-0.39, 0.29) is 5.84 Å². The summed E-state index contributed by atoms with van der Waals surface area (Å²) in [6, 6.07) is 5.73. The van der Waals surface area contributed by atoms with Crippen LogP contribution < -0.4 is 16.4 Å². The van der Waals surface area contributed by atoms with Crippen molar-refractivity contribution in [3.63, 3.8) is 0 Å². The molecule has 1 unspecified atom stereocenters. The number of rotatable bonds is 4. The molecule has 0 aliphatic rings. The molecule has 18 heavy (non-hydrogen) atoms. The van der Waals surface area contributed by atoms with Gasteiger partial charge in [0.05, 0.1) is 6.04 Å². The van der Waals surface area contributed by atoms with Crippen molar-refractivity contribution in [1.82, 2.24) is 5.32 Å². The number of oxime groups is 1. The minimum Gasteiger partial charge on any atom is -0.409 e. The van der Waals surface area contributed by atoms with Gasteiger partial charge in [-0.3, -0.25) is 0 Å². The minimum atomic E-state index is -0.512. The Kier molecular flexibility index (Phi) is 5.26. The highest BCUT2D eigenvalue weighted by molar-refractivity contribution is 6.30. The first kappa shape index (κ1) is 14.1. The van der Waals surface area contributed by atoms with Crippen LogP contribution in [-0.4, -0.2) is 23.1 Å². The first-order valence-electron chi connectivity index (χ1n) is 5.37. The third-order valence-electron chi connectivity index (χ3n) is 2.29. The van der Waals surface area contributed by atoms with Crippen LogP contribution in [0.1, 0.15) is 13.3 Å². The standard InChI is InChI=1S/C11H15ClN4O2/c1-2-9(10(13)16-18)15-11(17)14-8-5-3-7(12)4-6-8/h3-6,9,18H,2H2,1H3,(H2,13,16)(H2,14,15,17).